The molecule has 0 fully saturated rings. The molecule has 0 atom stereocenters. The second kappa shape index (κ2) is 4.89. The van der Waals surface area contributed by atoms with E-state index in [-0.39, 0.29) is 0 Å². The number of nitrogens with zero attached hydrogens (tertiary/aromatic N) is 1. The molecule has 4 heteroatoms. The summed E-state index contributed by atoms with van der Waals surface area (Å²) < 4.78 is 5.09. The predicted molar refractivity (Wildman–Crippen MR) is 64.1 cm³/mol. The molecule has 0 spiro atoms. The Balaban J connectivity index is 2.87. The second-order valence-electron chi connectivity index (χ2n) is 3.81. The van der Waals surface area contributed by atoms with E-state index in [1.54, 1.807) is 7.11 Å². The maximum Gasteiger partial charge on any atom is 0.143 e. The first kappa shape index (κ1) is 11.7. The van der Waals surface area contributed by atoms with Crippen molar-refractivity contribution in [2.45, 2.75) is 6.42 Å². The van der Waals surface area contributed by atoms with Crippen molar-refractivity contribution in [2.75, 3.05) is 39.2 Å². The predicted octanol–water partition coefficient (Wildman–Crippen LogP) is 0.964. The maximum absolute atomic E-state index is 5.92. The first-order valence-corrected chi connectivity index (χ1v) is 4.91. The van der Waals surface area contributed by atoms with E-state index in [0.717, 1.165) is 18.5 Å². The number of hydrogen-bond acceptors (Lipinski definition) is 4. The Morgan fingerprint density at radius 2 is 1.87 bits per heavy atom. The largest absolute Gasteiger partial charge is 0.495 e. The summed E-state index contributed by atoms with van der Waals surface area (Å²) in [6, 6.07) is 3.82. The second-order valence-corrected chi connectivity index (χ2v) is 3.81. The summed E-state index contributed by atoms with van der Waals surface area (Å²) in [7, 11) is 5.65. The first-order chi connectivity index (χ1) is 7.06. The molecule has 1 aromatic carbocycles. The van der Waals surface area contributed by atoms with Crippen LogP contribution >= 0.6 is 0 Å². The number of likely N-dealkylation sites (N-methyl/N-ethyl adjacent to an activating group) is 1. The molecule has 1 rings (SSSR count). The molecule has 0 radical (unpaired) electrons. The van der Waals surface area contributed by atoms with Crippen molar-refractivity contribution in [3.05, 3.63) is 17.7 Å². The lowest BCUT2D eigenvalue weighted by atomic mass is 10.1. The van der Waals surface area contributed by atoms with Gasteiger partial charge in [-0.05, 0) is 32.1 Å². The van der Waals surface area contributed by atoms with Crippen LogP contribution in [0.15, 0.2) is 12.1 Å². The van der Waals surface area contributed by atoms with E-state index in [0.29, 0.717) is 17.1 Å². The number of nitrogens with two attached hydrogens (primary N) is 2. The molecule has 0 bridgehead atoms. The van der Waals surface area contributed by atoms with Crippen molar-refractivity contribution >= 4 is 11.4 Å². The van der Waals surface area contributed by atoms with Gasteiger partial charge in [-0.3, -0.25) is 0 Å². The first-order valence-electron chi connectivity index (χ1n) is 4.91. The van der Waals surface area contributed by atoms with E-state index in [4.69, 9.17) is 16.2 Å². The molecule has 0 aliphatic heterocycles. The summed E-state index contributed by atoms with van der Waals surface area (Å²) in [5.41, 5.74) is 14.0. The third-order valence-electron chi connectivity index (χ3n) is 2.39. The molecule has 0 aromatic heterocycles. The topological polar surface area (TPSA) is 64.5 Å². The highest BCUT2D eigenvalue weighted by Gasteiger charge is 2.08. The highest BCUT2D eigenvalue weighted by Crippen LogP contribution is 2.30. The Bertz CT molecular complexity index is 337. The average molecular weight is 209 g/mol. The average Bonchev–Trinajstić information content (AvgIpc) is 2.20. The molecule has 15 heavy (non-hydrogen) atoms. The van der Waals surface area contributed by atoms with Gasteiger partial charge >= 0.3 is 0 Å². The van der Waals surface area contributed by atoms with Gasteiger partial charge in [-0.15, -0.1) is 0 Å². The lowest BCUT2D eigenvalue weighted by Gasteiger charge is -2.14. The molecule has 84 valence electrons. The van der Waals surface area contributed by atoms with Crippen LogP contribution in [0.1, 0.15) is 5.56 Å². The van der Waals surface area contributed by atoms with Crippen LogP contribution in [0.4, 0.5) is 11.4 Å². The molecule has 0 unspecified atom stereocenters. The molecule has 0 heterocycles. The van der Waals surface area contributed by atoms with E-state index in [9.17, 15) is 0 Å². The van der Waals surface area contributed by atoms with Crippen LogP contribution in [0.3, 0.4) is 0 Å². The summed E-state index contributed by atoms with van der Waals surface area (Å²) in [5, 5.41) is 0. The molecule has 4 N–H and O–H groups in total. The number of anilines is 2. The fraction of sp³-hybridized carbons (Fsp3) is 0.455. The monoisotopic (exact) mass is 209 g/mol. The summed E-state index contributed by atoms with van der Waals surface area (Å²) in [4.78, 5) is 2.11. The third-order valence-corrected chi connectivity index (χ3v) is 2.39. The Morgan fingerprint density at radius 3 is 2.40 bits per heavy atom. The van der Waals surface area contributed by atoms with Crippen LogP contribution in [-0.4, -0.2) is 32.6 Å². The van der Waals surface area contributed by atoms with Crippen molar-refractivity contribution in [3.63, 3.8) is 0 Å². The summed E-state index contributed by atoms with van der Waals surface area (Å²) in [6.45, 7) is 0.954. The SMILES string of the molecule is COc1ccc(CCN(C)C)c(N)c1N. The molecule has 0 amide bonds. The van der Waals surface area contributed by atoms with Crippen LogP contribution in [-0.2, 0) is 6.42 Å². The van der Waals surface area contributed by atoms with Crippen molar-refractivity contribution in [1.29, 1.82) is 0 Å². The smallest absolute Gasteiger partial charge is 0.143 e. The Labute approximate surface area is 90.8 Å². The number of rotatable bonds is 4. The van der Waals surface area contributed by atoms with Crippen LogP contribution in [0.5, 0.6) is 5.75 Å². The van der Waals surface area contributed by atoms with Crippen molar-refractivity contribution < 1.29 is 4.74 Å². The number of ether oxygens (including phenoxy) is 1. The highest BCUT2D eigenvalue weighted by atomic mass is 16.5. The minimum absolute atomic E-state index is 0.536. The molecule has 0 aliphatic carbocycles. The van der Waals surface area contributed by atoms with E-state index >= 15 is 0 Å². The van der Waals surface area contributed by atoms with Gasteiger partial charge in [-0.1, -0.05) is 6.07 Å². The van der Waals surface area contributed by atoms with Gasteiger partial charge < -0.3 is 21.1 Å². The van der Waals surface area contributed by atoms with E-state index in [1.807, 2.05) is 26.2 Å². The number of benzene rings is 1. The Morgan fingerprint density at radius 1 is 1.20 bits per heavy atom. The van der Waals surface area contributed by atoms with Crippen LogP contribution in [0, 0.1) is 0 Å². The molecule has 0 saturated carbocycles. The summed E-state index contributed by atoms with van der Waals surface area (Å²) >= 11 is 0. The zero-order chi connectivity index (χ0) is 11.4. The normalized spacial score (nSPS) is 10.7. The number of methoxy groups -OCH3 is 1. The standard InChI is InChI=1S/C11H19N3O/c1-14(2)7-6-8-4-5-9(15-3)11(13)10(8)12/h4-5H,6-7,12-13H2,1-3H3. The van der Waals surface area contributed by atoms with Gasteiger partial charge in [0.15, 0.2) is 0 Å². The quantitative estimate of drug-likeness (QED) is 0.725. The van der Waals surface area contributed by atoms with Gasteiger partial charge in [0.25, 0.3) is 0 Å². The molecular formula is C11H19N3O. The van der Waals surface area contributed by atoms with Gasteiger partial charge in [-0.25, -0.2) is 0 Å². The number of nitrogen functional groups attached to an aromatic ring is 2. The van der Waals surface area contributed by atoms with Crippen molar-refractivity contribution in [1.82, 2.24) is 4.90 Å². The molecular weight excluding hydrogens is 190 g/mol. The van der Waals surface area contributed by atoms with Gasteiger partial charge in [0.1, 0.15) is 5.75 Å². The third kappa shape index (κ3) is 2.76. The van der Waals surface area contributed by atoms with Crippen LogP contribution in [0.25, 0.3) is 0 Å². The lowest BCUT2D eigenvalue weighted by molar-refractivity contribution is 0.412. The van der Waals surface area contributed by atoms with Crippen LogP contribution in [0.2, 0.25) is 0 Å². The minimum Gasteiger partial charge on any atom is -0.495 e. The van der Waals surface area contributed by atoms with E-state index < -0.39 is 0 Å². The van der Waals surface area contributed by atoms with E-state index in [2.05, 4.69) is 4.90 Å². The summed E-state index contributed by atoms with van der Waals surface area (Å²) in [6.07, 6.45) is 0.896. The minimum atomic E-state index is 0.536. The Kier molecular flexibility index (Phi) is 3.80. The molecule has 0 saturated heterocycles. The Hall–Kier alpha value is -1.42. The van der Waals surface area contributed by atoms with E-state index in [1.165, 1.54) is 0 Å². The fourth-order valence-corrected chi connectivity index (χ4v) is 1.40. The van der Waals surface area contributed by atoms with Crippen LogP contribution < -0.4 is 16.2 Å². The number of hydrogen-bond donors (Lipinski definition) is 2. The zero-order valence-corrected chi connectivity index (χ0v) is 9.58. The maximum atomic E-state index is 5.92. The molecule has 0 aliphatic rings. The van der Waals surface area contributed by atoms with Crippen molar-refractivity contribution in [2.24, 2.45) is 0 Å². The highest BCUT2D eigenvalue weighted by molar-refractivity contribution is 5.74. The lowest BCUT2D eigenvalue weighted by Crippen LogP contribution is -2.16. The van der Waals surface area contributed by atoms with Gasteiger partial charge in [-0.2, -0.15) is 0 Å². The molecule has 1 aromatic rings. The van der Waals surface area contributed by atoms with Gasteiger partial charge in [0, 0.05) is 6.54 Å². The molecule has 4 nitrogen and oxygen atoms in total. The summed E-state index contributed by atoms with van der Waals surface area (Å²) in [5.74, 6) is 0.640. The zero-order valence-electron chi connectivity index (χ0n) is 9.58. The van der Waals surface area contributed by atoms with Crippen molar-refractivity contribution in [3.8, 4) is 5.75 Å². The fourth-order valence-electron chi connectivity index (χ4n) is 1.40. The van der Waals surface area contributed by atoms with Gasteiger partial charge in [0.2, 0.25) is 0 Å². The van der Waals surface area contributed by atoms with Gasteiger partial charge in [0.05, 0.1) is 18.5 Å².